The maximum absolute atomic E-state index is 13.1. The molecule has 0 radical (unpaired) electrons. The number of ether oxygens (including phenoxy) is 1. The Balaban J connectivity index is 1.16. The van der Waals surface area contributed by atoms with Gasteiger partial charge in [0, 0.05) is 28.8 Å². The second kappa shape index (κ2) is 10.7. The third-order valence-corrected chi connectivity index (χ3v) is 7.83. The van der Waals surface area contributed by atoms with Gasteiger partial charge in [0.2, 0.25) is 17.7 Å². The van der Waals surface area contributed by atoms with Crippen LogP contribution in [-0.4, -0.2) is 36.2 Å². The number of thioether (sulfide) groups is 1. The van der Waals surface area contributed by atoms with Crippen molar-refractivity contribution in [3.8, 4) is 5.88 Å². The molecule has 8 heteroatoms. The predicted octanol–water partition coefficient (Wildman–Crippen LogP) is 4.82. The number of rotatable bonds is 7. The molecular formula is C27H30N4O3S. The molecule has 5 rings (SSSR count). The molecule has 0 bridgehead atoms. The lowest BCUT2D eigenvalue weighted by Crippen LogP contribution is -2.32. The number of carbonyl (C=O) groups is 2. The summed E-state index contributed by atoms with van der Waals surface area (Å²) < 4.78 is 5.26. The summed E-state index contributed by atoms with van der Waals surface area (Å²) in [4.78, 5) is 30.5. The number of nitrogens with one attached hydrogen (secondary N) is 3. The normalized spacial score (nSPS) is 19.6. The van der Waals surface area contributed by atoms with E-state index in [0.29, 0.717) is 17.6 Å². The van der Waals surface area contributed by atoms with Gasteiger partial charge in [-0.2, -0.15) is 0 Å². The minimum absolute atomic E-state index is 0.00704. The lowest BCUT2D eigenvalue weighted by atomic mass is 9.81. The average molecular weight is 491 g/mol. The van der Waals surface area contributed by atoms with Gasteiger partial charge in [0.05, 0.1) is 29.8 Å². The summed E-state index contributed by atoms with van der Waals surface area (Å²) in [5.74, 6) is 1.58. The fraction of sp³-hybridized carbons (Fsp3) is 0.370. The summed E-state index contributed by atoms with van der Waals surface area (Å²) in [6.07, 6.45) is 3.96. The molecule has 1 aliphatic carbocycles. The summed E-state index contributed by atoms with van der Waals surface area (Å²) in [7, 11) is 1.59. The average Bonchev–Trinajstić information content (AvgIpc) is 2.88. The van der Waals surface area contributed by atoms with Crippen LogP contribution >= 0.6 is 11.8 Å². The molecule has 1 aromatic heterocycles. The van der Waals surface area contributed by atoms with Crippen molar-refractivity contribution in [2.24, 2.45) is 11.8 Å². The van der Waals surface area contributed by atoms with Crippen LogP contribution in [0.15, 0.2) is 53.4 Å². The first-order chi connectivity index (χ1) is 17.1. The zero-order chi connectivity index (χ0) is 24.2. The van der Waals surface area contributed by atoms with Crippen molar-refractivity contribution in [1.82, 2.24) is 10.3 Å². The first-order valence-corrected chi connectivity index (χ1v) is 13.1. The van der Waals surface area contributed by atoms with Gasteiger partial charge < -0.3 is 20.7 Å². The van der Waals surface area contributed by atoms with Crippen LogP contribution in [0.25, 0.3) is 10.9 Å². The summed E-state index contributed by atoms with van der Waals surface area (Å²) in [5.41, 5.74) is 3.52. The largest absolute Gasteiger partial charge is 0.481 e. The Morgan fingerprint density at radius 3 is 3.00 bits per heavy atom. The molecule has 7 nitrogen and oxygen atoms in total. The number of pyridine rings is 1. The number of nitrogens with zero attached hydrogens (tertiary/aromatic N) is 1. The van der Waals surface area contributed by atoms with Gasteiger partial charge in [-0.25, -0.2) is 4.98 Å². The van der Waals surface area contributed by atoms with E-state index in [2.05, 4.69) is 39.1 Å². The molecule has 2 aromatic carbocycles. The van der Waals surface area contributed by atoms with Gasteiger partial charge in [-0.3, -0.25) is 9.59 Å². The van der Waals surface area contributed by atoms with E-state index in [9.17, 15) is 9.59 Å². The zero-order valence-corrected chi connectivity index (χ0v) is 20.6. The third-order valence-electron chi connectivity index (χ3n) is 6.75. The summed E-state index contributed by atoms with van der Waals surface area (Å²) >= 11 is 1.58. The molecule has 3 N–H and O–H groups in total. The summed E-state index contributed by atoms with van der Waals surface area (Å²) in [6.45, 7) is 1.61. The molecule has 2 aliphatic rings. The molecule has 1 aliphatic heterocycles. The van der Waals surface area contributed by atoms with Gasteiger partial charge in [-0.15, -0.1) is 11.8 Å². The van der Waals surface area contributed by atoms with E-state index in [0.717, 1.165) is 71.5 Å². The van der Waals surface area contributed by atoms with Crippen LogP contribution in [0.3, 0.4) is 0 Å². The molecule has 2 heterocycles. The van der Waals surface area contributed by atoms with Crippen molar-refractivity contribution in [2.75, 3.05) is 30.0 Å². The molecule has 35 heavy (non-hydrogen) atoms. The first kappa shape index (κ1) is 23.6. The van der Waals surface area contributed by atoms with Gasteiger partial charge in [-0.1, -0.05) is 24.6 Å². The van der Waals surface area contributed by atoms with Gasteiger partial charge in [-0.05, 0) is 61.6 Å². The number of fused-ring (bicyclic) bond motifs is 2. The lowest BCUT2D eigenvalue weighted by molar-refractivity contribution is -0.121. The van der Waals surface area contributed by atoms with Gasteiger partial charge in [0.1, 0.15) is 0 Å². The Bertz CT molecular complexity index is 1250. The molecule has 3 aromatic rings. The Morgan fingerprint density at radius 1 is 1.20 bits per heavy atom. The Morgan fingerprint density at radius 2 is 2.11 bits per heavy atom. The number of benzene rings is 2. The maximum atomic E-state index is 13.1. The van der Waals surface area contributed by atoms with Crippen LogP contribution in [0.2, 0.25) is 0 Å². The van der Waals surface area contributed by atoms with Crippen LogP contribution < -0.4 is 20.7 Å². The molecule has 1 saturated carbocycles. The SMILES string of the molecule is COc1ccc2cccc(NC(=O)C3CCCC(CNCc4ccc5c(c4)NC(=O)CS5)C3)c2n1. The highest BCUT2D eigenvalue weighted by atomic mass is 32.2. The fourth-order valence-electron chi connectivity index (χ4n) is 4.95. The summed E-state index contributed by atoms with van der Waals surface area (Å²) in [5, 5.41) is 10.6. The Kier molecular flexibility index (Phi) is 7.20. The predicted molar refractivity (Wildman–Crippen MR) is 140 cm³/mol. The molecule has 1 fully saturated rings. The standard InChI is InChI=1S/C27H30N4O3S/c1-34-25-11-9-19-5-3-7-21(26(19)31-25)30-27(33)20-6-2-4-17(12-20)14-28-15-18-8-10-23-22(13-18)29-24(32)16-35-23/h3,5,7-11,13,17,20,28H,2,4,6,12,14-16H2,1H3,(H,29,32)(H,30,33). The van der Waals surface area contributed by atoms with E-state index in [-0.39, 0.29) is 17.7 Å². The van der Waals surface area contributed by atoms with Crippen LogP contribution in [0.1, 0.15) is 31.2 Å². The maximum Gasteiger partial charge on any atom is 0.234 e. The van der Waals surface area contributed by atoms with Crippen molar-refractivity contribution in [1.29, 1.82) is 0 Å². The van der Waals surface area contributed by atoms with E-state index in [1.807, 2.05) is 30.3 Å². The number of para-hydroxylation sites is 1. The highest BCUT2D eigenvalue weighted by Crippen LogP contribution is 2.33. The lowest BCUT2D eigenvalue weighted by Gasteiger charge is -2.28. The van der Waals surface area contributed by atoms with E-state index in [4.69, 9.17) is 4.74 Å². The van der Waals surface area contributed by atoms with E-state index < -0.39 is 0 Å². The zero-order valence-electron chi connectivity index (χ0n) is 19.8. The van der Waals surface area contributed by atoms with E-state index >= 15 is 0 Å². The number of aromatic nitrogens is 1. The first-order valence-electron chi connectivity index (χ1n) is 12.1. The van der Waals surface area contributed by atoms with Crippen molar-refractivity contribution < 1.29 is 14.3 Å². The number of amides is 2. The topological polar surface area (TPSA) is 92.4 Å². The highest BCUT2D eigenvalue weighted by Gasteiger charge is 2.27. The molecule has 182 valence electrons. The third kappa shape index (κ3) is 5.60. The van der Waals surface area contributed by atoms with Crippen LogP contribution in [0, 0.1) is 11.8 Å². The fourth-order valence-corrected chi connectivity index (χ4v) is 5.74. The van der Waals surface area contributed by atoms with Gasteiger partial charge >= 0.3 is 0 Å². The molecule has 0 spiro atoms. The quantitative estimate of drug-likeness (QED) is 0.440. The van der Waals surface area contributed by atoms with E-state index in [1.54, 1.807) is 18.9 Å². The monoisotopic (exact) mass is 490 g/mol. The Hall–Kier alpha value is -3.10. The van der Waals surface area contributed by atoms with Crippen molar-refractivity contribution >= 4 is 45.9 Å². The van der Waals surface area contributed by atoms with Crippen LogP contribution in [0.5, 0.6) is 5.88 Å². The second-order valence-electron chi connectivity index (χ2n) is 9.25. The van der Waals surface area contributed by atoms with Gasteiger partial charge in [0.15, 0.2) is 0 Å². The number of hydrogen-bond donors (Lipinski definition) is 3. The van der Waals surface area contributed by atoms with E-state index in [1.165, 1.54) is 0 Å². The smallest absolute Gasteiger partial charge is 0.234 e. The number of hydrogen-bond acceptors (Lipinski definition) is 6. The molecular weight excluding hydrogens is 460 g/mol. The molecule has 2 atom stereocenters. The minimum atomic E-state index is -0.00704. The van der Waals surface area contributed by atoms with Gasteiger partial charge in [0.25, 0.3) is 0 Å². The molecule has 2 unspecified atom stereocenters. The van der Waals surface area contributed by atoms with Crippen LogP contribution in [-0.2, 0) is 16.1 Å². The van der Waals surface area contributed by atoms with Crippen LogP contribution in [0.4, 0.5) is 11.4 Å². The summed E-state index contributed by atoms with van der Waals surface area (Å²) in [6, 6.07) is 15.8. The minimum Gasteiger partial charge on any atom is -0.481 e. The Labute approximate surface area is 209 Å². The number of carbonyl (C=O) groups excluding carboxylic acids is 2. The second-order valence-corrected chi connectivity index (χ2v) is 10.3. The number of methoxy groups -OCH3 is 1. The van der Waals surface area contributed by atoms with Crippen molar-refractivity contribution in [3.05, 3.63) is 54.1 Å². The number of anilines is 2. The van der Waals surface area contributed by atoms with Crippen molar-refractivity contribution in [2.45, 2.75) is 37.1 Å². The van der Waals surface area contributed by atoms with Crippen molar-refractivity contribution in [3.63, 3.8) is 0 Å². The highest BCUT2D eigenvalue weighted by molar-refractivity contribution is 8.00. The molecule has 0 saturated heterocycles. The molecule has 2 amide bonds.